The Kier molecular flexibility index (Phi) is 3.22. The van der Waals surface area contributed by atoms with Crippen LogP contribution >= 0.6 is 15.9 Å². The monoisotopic (exact) mass is 335 g/mol. The van der Waals surface area contributed by atoms with Crippen molar-refractivity contribution < 1.29 is 13.9 Å². The second-order valence-electron chi connectivity index (χ2n) is 4.60. The van der Waals surface area contributed by atoms with E-state index in [0.29, 0.717) is 17.9 Å². The molecule has 1 aliphatic rings. The summed E-state index contributed by atoms with van der Waals surface area (Å²) in [4.78, 5) is 12.6. The zero-order valence-electron chi connectivity index (χ0n) is 10.5. The van der Waals surface area contributed by atoms with E-state index < -0.39 is 5.82 Å². The molecule has 0 bridgehead atoms. The van der Waals surface area contributed by atoms with Crippen molar-refractivity contribution >= 4 is 27.4 Å². The van der Waals surface area contributed by atoms with E-state index in [1.807, 2.05) is 6.07 Å². The number of benzene rings is 2. The first-order chi connectivity index (χ1) is 9.56. The molecule has 2 aromatic carbocycles. The number of carbonyl (C=O) groups excluding carboxylic acids is 1. The molecule has 0 saturated heterocycles. The van der Waals surface area contributed by atoms with E-state index in [4.69, 9.17) is 10.5 Å². The van der Waals surface area contributed by atoms with Crippen molar-refractivity contribution in [2.45, 2.75) is 6.42 Å². The van der Waals surface area contributed by atoms with Gasteiger partial charge in [0.15, 0.2) is 5.78 Å². The van der Waals surface area contributed by atoms with Crippen LogP contribution in [-0.2, 0) is 6.42 Å². The van der Waals surface area contributed by atoms with Gasteiger partial charge in [-0.05, 0) is 35.9 Å². The molecule has 0 radical (unpaired) electrons. The lowest BCUT2D eigenvalue weighted by Gasteiger charge is -2.10. The average molecular weight is 336 g/mol. The second kappa shape index (κ2) is 4.90. The van der Waals surface area contributed by atoms with Gasteiger partial charge in [-0.2, -0.15) is 0 Å². The Bertz CT molecular complexity index is 715. The van der Waals surface area contributed by atoms with Crippen LogP contribution in [0.2, 0.25) is 0 Å². The van der Waals surface area contributed by atoms with E-state index in [2.05, 4.69) is 15.9 Å². The molecule has 0 saturated carbocycles. The molecule has 1 aliphatic heterocycles. The first-order valence-corrected chi connectivity index (χ1v) is 6.90. The van der Waals surface area contributed by atoms with Crippen LogP contribution in [0.5, 0.6) is 5.75 Å². The summed E-state index contributed by atoms with van der Waals surface area (Å²) in [6.07, 6.45) is 0.758. The van der Waals surface area contributed by atoms with Gasteiger partial charge in [0.25, 0.3) is 0 Å². The standard InChI is InChI=1S/C15H11BrFNO2/c16-9-5-8-3-4-20-15(8)12(6-9)14(19)11-7-10(17)1-2-13(11)18/h1-2,5-7H,3-4,18H2. The lowest BCUT2D eigenvalue weighted by atomic mass is 9.98. The molecular formula is C15H11BrFNO2. The van der Waals surface area contributed by atoms with Crippen LogP contribution in [0, 0.1) is 5.82 Å². The zero-order valence-corrected chi connectivity index (χ0v) is 12.0. The summed E-state index contributed by atoms with van der Waals surface area (Å²) in [7, 11) is 0. The van der Waals surface area contributed by atoms with Gasteiger partial charge in [0.2, 0.25) is 0 Å². The Morgan fingerprint density at radius 2 is 2.05 bits per heavy atom. The van der Waals surface area contributed by atoms with Crippen molar-refractivity contribution in [1.29, 1.82) is 0 Å². The van der Waals surface area contributed by atoms with Gasteiger partial charge in [0.05, 0.1) is 12.2 Å². The quantitative estimate of drug-likeness (QED) is 0.676. The first kappa shape index (κ1) is 13.1. The Hall–Kier alpha value is -1.88. The fourth-order valence-corrected chi connectivity index (χ4v) is 2.81. The number of hydrogen-bond acceptors (Lipinski definition) is 3. The molecule has 102 valence electrons. The highest BCUT2D eigenvalue weighted by Gasteiger charge is 2.24. The number of nitrogens with two attached hydrogens (primary N) is 1. The minimum Gasteiger partial charge on any atom is -0.492 e. The highest BCUT2D eigenvalue weighted by atomic mass is 79.9. The first-order valence-electron chi connectivity index (χ1n) is 6.11. The van der Waals surface area contributed by atoms with Crippen LogP contribution in [0.15, 0.2) is 34.8 Å². The summed E-state index contributed by atoms with van der Waals surface area (Å²) < 4.78 is 19.6. The Morgan fingerprint density at radius 1 is 1.25 bits per heavy atom. The van der Waals surface area contributed by atoms with Crippen molar-refractivity contribution in [3.05, 3.63) is 57.3 Å². The fraction of sp³-hybridized carbons (Fsp3) is 0.133. The molecule has 0 spiro atoms. The van der Waals surface area contributed by atoms with E-state index in [1.165, 1.54) is 12.1 Å². The molecule has 0 atom stereocenters. The molecule has 0 unspecified atom stereocenters. The van der Waals surface area contributed by atoms with Crippen molar-refractivity contribution in [3.8, 4) is 5.75 Å². The van der Waals surface area contributed by atoms with Gasteiger partial charge in [0, 0.05) is 22.1 Å². The smallest absolute Gasteiger partial charge is 0.198 e. The molecule has 3 nitrogen and oxygen atoms in total. The van der Waals surface area contributed by atoms with Crippen LogP contribution in [-0.4, -0.2) is 12.4 Å². The molecular weight excluding hydrogens is 325 g/mol. The number of ketones is 1. The van der Waals surface area contributed by atoms with E-state index in [0.717, 1.165) is 22.5 Å². The summed E-state index contributed by atoms with van der Waals surface area (Å²) >= 11 is 3.38. The van der Waals surface area contributed by atoms with E-state index in [1.54, 1.807) is 6.07 Å². The Balaban J connectivity index is 2.14. The second-order valence-corrected chi connectivity index (χ2v) is 5.52. The minimum atomic E-state index is -0.491. The van der Waals surface area contributed by atoms with Crippen LogP contribution in [0.4, 0.5) is 10.1 Å². The molecule has 5 heteroatoms. The largest absolute Gasteiger partial charge is 0.492 e. The van der Waals surface area contributed by atoms with Crippen molar-refractivity contribution in [1.82, 2.24) is 0 Å². The summed E-state index contributed by atoms with van der Waals surface area (Å²) in [6, 6.07) is 7.38. The number of fused-ring (bicyclic) bond motifs is 1. The molecule has 0 aliphatic carbocycles. The van der Waals surface area contributed by atoms with Crippen LogP contribution < -0.4 is 10.5 Å². The van der Waals surface area contributed by atoms with E-state index >= 15 is 0 Å². The molecule has 0 fully saturated rings. The van der Waals surface area contributed by atoms with Crippen LogP contribution in [0.25, 0.3) is 0 Å². The Labute approximate surface area is 123 Å². The molecule has 0 aromatic heterocycles. The predicted octanol–water partition coefficient (Wildman–Crippen LogP) is 3.34. The van der Waals surface area contributed by atoms with Gasteiger partial charge in [-0.15, -0.1) is 0 Å². The maximum atomic E-state index is 13.3. The topological polar surface area (TPSA) is 52.3 Å². The highest BCUT2D eigenvalue weighted by Crippen LogP contribution is 2.35. The minimum absolute atomic E-state index is 0.154. The number of halogens is 2. The number of carbonyl (C=O) groups is 1. The van der Waals surface area contributed by atoms with E-state index in [-0.39, 0.29) is 17.0 Å². The van der Waals surface area contributed by atoms with Gasteiger partial charge >= 0.3 is 0 Å². The number of anilines is 1. The Morgan fingerprint density at radius 3 is 2.85 bits per heavy atom. The van der Waals surface area contributed by atoms with Gasteiger partial charge in [-0.3, -0.25) is 4.79 Å². The summed E-state index contributed by atoms with van der Waals surface area (Å²) in [6.45, 7) is 0.546. The third-order valence-electron chi connectivity index (χ3n) is 3.25. The third kappa shape index (κ3) is 2.18. The average Bonchev–Trinajstić information content (AvgIpc) is 2.87. The lowest BCUT2D eigenvalue weighted by molar-refractivity contribution is 0.103. The number of nitrogen functional groups attached to an aromatic ring is 1. The predicted molar refractivity (Wildman–Crippen MR) is 77.6 cm³/mol. The molecule has 2 aromatic rings. The maximum absolute atomic E-state index is 13.3. The summed E-state index contributed by atoms with van der Waals surface area (Å²) in [5.74, 6) is -0.251. The number of ether oxygens (including phenoxy) is 1. The zero-order chi connectivity index (χ0) is 14.3. The number of rotatable bonds is 2. The van der Waals surface area contributed by atoms with Crippen molar-refractivity contribution in [2.24, 2.45) is 0 Å². The van der Waals surface area contributed by atoms with Crippen molar-refractivity contribution in [3.63, 3.8) is 0 Å². The maximum Gasteiger partial charge on any atom is 0.198 e. The van der Waals surface area contributed by atoms with Gasteiger partial charge in [-0.1, -0.05) is 15.9 Å². The van der Waals surface area contributed by atoms with E-state index in [9.17, 15) is 9.18 Å². The van der Waals surface area contributed by atoms with Crippen LogP contribution in [0.1, 0.15) is 21.5 Å². The lowest BCUT2D eigenvalue weighted by Crippen LogP contribution is -2.07. The summed E-state index contributed by atoms with van der Waals surface area (Å²) in [5.41, 5.74) is 7.55. The summed E-state index contributed by atoms with van der Waals surface area (Å²) in [5, 5.41) is 0. The van der Waals surface area contributed by atoms with Crippen molar-refractivity contribution in [2.75, 3.05) is 12.3 Å². The fourth-order valence-electron chi connectivity index (χ4n) is 2.31. The normalized spacial score (nSPS) is 12.9. The SMILES string of the molecule is Nc1ccc(F)cc1C(=O)c1cc(Br)cc2c1OCC2. The molecule has 3 rings (SSSR count). The van der Waals surface area contributed by atoms with Gasteiger partial charge in [0.1, 0.15) is 11.6 Å². The third-order valence-corrected chi connectivity index (χ3v) is 3.71. The van der Waals surface area contributed by atoms with Gasteiger partial charge < -0.3 is 10.5 Å². The number of hydrogen-bond donors (Lipinski definition) is 1. The molecule has 2 N–H and O–H groups in total. The highest BCUT2D eigenvalue weighted by molar-refractivity contribution is 9.10. The van der Waals surface area contributed by atoms with Gasteiger partial charge in [-0.25, -0.2) is 4.39 Å². The van der Waals surface area contributed by atoms with Crippen LogP contribution in [0.3, 0.4) is 0 Å². The molecule has 1 heterocycles. The molecule has 20 heavy (non-hydrogen) atoms. The molecule has 0 amide bonds.